The first-order valence-corrected chi connectivity index (χ1v) is 9.33. The molecule has 0 radical (unpaired) electrons. The molecule has 25 heavy (non-hydrogen) atoms. The first-order valence-electron chi connectivity index (χ1n) is 7.76. The van der Waals surface area contributed by atoms with Gasteiger partial charge in [0, 0.05) is 50.8 Å². The number of nitrogens with zero attached hydrogens (tertiary/aromatic N) is 3. The maximum atomic E-state index is 6.07. The molecule has 0 unspecified atom stereocenters. The molecule has 0 bridgehead atoms. The Labute approximate surface area is 160 Å². The number of hydrogen-bond acceptors (Lipinski definition) is 5. The molecule has 7 heteroatoms. The third-order valence-electron chi connectivity index (χ3n) is 3.94. The van der Waals surface area contributed by atoms with Crippen molar-refractivity contribution in [2.75, 3.05) is 16.2 Å². The molecule has 0 spiro atoms. The van der Waals surface area contributed by atoms with Gasteiger partial charge in [0.25, 0.3) is 0 Å². The summed E-state index contributed by atoms with van der Waals surface area (Å²) < 4.78 is 3.42. The van der Waals surface area contributed by atoms with Gasteiger partial charge in [-0.3, -0.25) is 0 Å². The standard InChI is InChI=1S/C18H14Cl2N4S/c19-12-9-13(20)11-14(10-12)25-23-16-3-1-4-17-15(16)5-8-24(17)18-21-6-2-7-22-18/h1-4,6-7,9-11,23H,5,8H2. The fraction of sp³-hybridized carbons (Fsp3) is 0.111. The van der Waals surface area contributed by atoms with E-state index in [1.807, 2.05) is 24.3 Å². The Kier molecular flexibility index (Phi) is 4.70. The van der Waals surface area contributed by atoms with Crippen LogP contribution in [0.3, 0.4) is 0 Å². The van der Waals surface area contributed by atoms with Crippen molar-refractivity contribution >= 4 is 52.5 Å². The predicted molar refractivity (Wildman–Crippen MR) is 105 cm³/mol. The van der Waals surface area contributed by atoms with Crippen LogP contribution in [-0.4, -0.2) is 16.5 Å². The summed E-state index contributed by atoms with van der Waals surface area (Å²) >= 11 is 13.6. The second kappa shape index (κ2) is 7.12. The van der Waals surface area contributed by atoms with Crippen LogP contribution < -0.4 is 9.62 Å². The molecule has 1 N–H and O–H groups in total. The van der Waals surface area contributed by atoms with Crippen molar-refractivity contribution in [1.29, 1.82) is 0 Å². The van der Waals surface area contributed by atoms with Crippen LogP contribution in [-0.2, 0) is 6.42 Å². The number of nitrogens with one attached hydrogen (secondary N) is 1. The van der Waals surface area contributed by atoms with Gasteiger partial charge in [-0.25, -0.2) is 9.97 Å². The highest BCUT2D eigenvalue weighted by Gasteiger charge is 2.24. The number of aromatic nitrogens is 2. The smallest absolute Gasteiger partial charge is 0.229 e. The summed E-state index contributed by atoms with van der Waals surface area (Å²) in [6.45, 7) is 0.867. The first-order chi connectivity index (χ1) is 12.2. The highest BCUT2D eigenvalue weighted by molar-refractivity contribution is 8.00. The van der Waals surface area contributed by atoms with E-state index in [-0.39, 0.29) is 0 Å². The van der Waals surface area contributed by atoms with Gasteiger partial charge >= 0.3 is 0 Å². The van der Waals surface area contributed by atoms with Gasteiger partial charge in [0.05, 0.1) is 0 Å². The minimum atomic E-state index is 0.627. The summed E-state index contributed by atoms with van der Waals surface area (Å²) in [4.78, 5) is 11.8. The van der Waals surface area contributed by atoms with E-state index in [0.717, 1.165) is 35.2 Å². The van der Waals surface area contributed by atoms with Crippen molar-refractivity contribution in [2.24, 2.45) is 0 Å². The number of halogens is 2. The number of fused-ring (bicyclic) bond motifs is 1. The van der Waals surface area contributed by atoms with Crippen LogP contribution in [0, 0.1) is 0 Å². The zero-order chi connectivity index (χ0) is 17.2. The summed E-state index contributed by atoms with van der Waals surface area (Å²) in [5.74, 6) is 0.729. The van der Waals surface area contributed by atoms with Crippen LogP contribution in [0.5, 0.6) is 0 Å². The molecule has 4 rings (SSSR count). The van der Waals surface area contributed by atoms with Gasteiger partial charge in [0.15, 0.2) is 0 Å². The van der Waals surface area contributed by atoms with Gasteiger partial charge in [-0.15, -0.1) is 0 Å². The molecule has 0 atom stereocenters. The molecule has 0 saturated carbocycles. The second-order valence-corrected chi connectivity index (χ2v) is 7.32. The number of benzene rings is 2. The topological polar surface area (TPSA) is 41.0 Å². The van der Waals surface area contributed by atoms with E-state index >= 15 is 0 Å². The number of hydrogen-bond donors (Lipinski definition) is 1. The summed E-state index contributed by atoms with van der Waals surface area (Å²) in [7, 11) is 0. The Morgan fingerprint density at radius 1 is 1.00 bits per heavy atom. The van der Waals surface area contributed by atoms with Crippen LogP contribution in [0.4, 0.5) is 17.3 Å². The zero-order valence-corrected chi connectivity index (χ0v) is 15.4. The van der Waals surface area contributed by atoms with Crippen molar-refractivity contribution in [3.63, 3.8) is 0 Å². The van der Waals surface area contributed by atoms with Crippen LogP contribution in [0.25, 0.3) is 0 Å². The third-order valence-corrected chi connectivity index (χ3v) is 5.17. The van der Waals surface area contributed by atoms with E-state index in [1.54, 1.807) is 18.5 Å². The normalized spacial score (nSPS) is 13.0. The molecule has 0 aliphatic carbocycles. The number of anilines is 3. The molecule has 1 aliphatic heterocycles. The molecule has 0 amide bonds. The summed E-state index contributed by atoms with van der Waals surface area (Å²) in [5.41, 5.74) is 3.48. The first kappa shape index (κ1) is 16.5. The molecular formula is C18H14Cl2N4S. The van der Waals surface area contributed by atoms with E-state index in [4.69, 9.17) is 23.2 Å². The maximum Gasteiger partial charge on any atom is 0.229 e. The Hall–Kier alpha value is -1.95. The molecule has 3 aromatic rings. The lowest BCUT2D eigenvalue weighted by molar-refractivity contribution is 0.940. The van der Waals surface area contributed by atoms with Crippen molar-refractivity contribution in [1.82, 2.24) is 9.97 Å². The van der Waals surface area contributed by atoms with Crippen molar-refractivity contribution in [2.45, 2.75) is 11.3 Å². The highest BCUT2D eigenvalue weighted by Crippen LogP contribution is 2.38. The molecule has 2 aromatic carbocycles. The van der Waals surface area contributed by atoms with Gasteiger partial charge in [-0.05, 0) is 54.8 Å². The molecule has 0 saturated heterocycles. The fourth-order valence-corrected chi connectivity index (χ4v) is 4.32. The number of rotatable bonds is 4. The Balaban J connectivity index is 1.57. The fourth-order valence-electron chi connectivity index (χ4n) is 2.87. The molecule has 1 aromatic heterocycles. The van der Waals surface area contributed by atoms with Crippen LogP contribution >= 0.6 is 35.1 Å². The van der Waals surface area contributed by atoms with E-state index in [9.17, 15) is 0 Å². The Morgan fingerprint density at radius 3 is 2.52 bits per heavy atom. The van der Waals surface area contributed by atoms with Crippen molar-refractivity contribution in [3.05, 3.63) is 70.5 Å². The minimum Gasteiger partial charge on any atom is -0.325 e. The highest BCUT2D eigenvalue weighted by atomic mass is 35.5. The molecule has 4 nitrogen and oxygen atoms in total. The van der Waals surface area contributed by atoms with Crippen LogP contribution in [0.1, 0.15) is 5.56 Å². The third kappa shape index (κ3) is 3.54. The van der Waals surface area contributed by atoms with Crippen molar-refractivity contribution < 1.29 is 0 Å². The summed E-state index contributed by atoms with van der Waals surface area (Å²) in [6, 6.07) is 13.5. The monoisotopic (exact) mass is 388 g/mol. The predicted octanol–water partition coefficient (Wildman–Crippen LogP) is 5.60. The lowest BCUT2D eigenvalue weighted by Gasteiger charge is -2.17. The lowest BCUT2D eigenvalue weighted by Crippen LogP contribution is -2.15. The quantitative estimate of drug-likeness (QED) is 0.589. The average Bonchev–Trinajstić information content (AvgIpc) is 3.04. The SMILES string of the molecule is Clc1cc(Cl)cc(SNc2cccc3c2CCN3c2ncccn2)c1. The van der Waals surface area contributed by atoms with Gasteiger partial charge < -0.3 is 9.62 Å². The zero-order valence-electron chi connectivity index (χ0n) is 13.1. The van der Waals surface area contributed by atoms with Gasteiger partial charge in [0.2, 0.25) is 5.95 Å². The lowest BCUT2D eigenvalue weighted by atomic mass is 10.1. The van der Waals surface area contributed by atoms with Gasteiger partial charge in [0.1, 0.15) is 0 Å². The van der Waals surface area contributed by atoms with Gasteiger partial charge in [-0.2, -0.15) is 0 Å². The van der Waals surface area contributed by atoms with Gasteiger partial charge in [-0.1, -0.05) is 29.3 Å². The van der Waals surface area contributed by atoms with E-state index in [2.05, 4.69) is 31.7 Å². The minimum absolute atomic E-state index is 0.627. The van der Waals surface area contributed by atoms with Crippen LogP contribution in [0.2, 0.25) is 10.0 Å². The molecule has 1 aliphatic rings. The van der Waals surface area contributed by atoms with E-state index in [1.165, 1.54) is 17.5 Å². The van der Waals surface area contributed by atoms with E-state index < -0.39 is 0 Å². The molecule has 0 fully saturated rings. The summed E-state index contributed by atoms with van der Waals surface area (Å²) in [5, 5.41) is 1.25. The van der Waals surface area contributed by atoms with Crippen LogP contribution in [0.15, 0.2) is 59.8 Å². The van der Waals surface area contributed by atoms with E-state index in [0.29, 0.717) is 10.0 Å². The molecule has 126 valence electrons. The maximum absolute atomic E-state index is 6.07. The molecular weight excluding hydrogens is 375 g/mol. The second-order valence-electron chi connectivity index (χ2n) is 5.56. The average molecular weight is 389 g/mol. The largest absolute Gasteiger partial charge is 0.325 e. The summed E-state index contributed by atoms with van der Waals surface area (Å²) in [6.07, 6.45) is 4.47. The Bertz CT molecular complexity index is 885. The van der Waals surface area contributed by atoms with Crippen molar-refractivity contribution in [3.8, 4) is 0 Å². The molecule has 2 heterocycles. The Morgan fingerprint density at radius 2 is 1.76 bits per heavy atom.